The number of carbonyl (C=O) groups is 1. The maximum absolute atomic E-state index is 11.2. The Bertz CT molecular complexity index is 463. The number of primary amides is 1. The van der Waals surface area contributed by atoms with Gasteiger partial charge in [-0.1, -0.05) is 0 Å². The molecule has 0 saturated carbocycles. The lowest BCUT2D eigenvalue weighted by molar-refractivity contribution is -0.385. The number of aromatic nitrogens is 1. The van der Waals surface area contributed by atoms with E-state index in [-0.39, 0.29) is 23.2 Å². The monoisotopic (exact) mass is 254 g/mol. The summed E-state index contributed by atoms with van der Waals surface area (Å²) in [5.41, 5.74) is 4.85. The van der Waals surface area contributed by atoms with Crippen molar-refractivity contribution in [1.29, 1.82) is 0 Å². The van der Waals surface area contributed by atoms with Gasteiger partial charge in [-0.2, -0.15) is 0 Å². The van der Waals surface area contributed by atoms with Crippen LogP contribution in [-0.4, -0.2) is 35.6 Å². The van der Waals surface area contributed by atoms with Gasteiger partial charge >= 0.3 is 0 Å². The van der Waals surface area contributed by atoms with Gasteiger partial charge in [0.2, 0.25) is 0 Å². The summed E-state index contributed by atoms with van der Waals surface area (Å²) >= 11 is 0. The zero-order chi connectivity index (χ0) is 13.7. The molecule has 1 atom stereocenters. The average Bonchev–Trinajstić information content (AvgIpc) is 2.35. The van der Waals surface area contributed by atoms with E-state index in [0.717, 1.165) is 12.3 Å². The second-order valence-electron chi connectivity index (χ2n) is 3.64. The number of pyridine rings is 1. The van der Waals surface area contributed by atoms with Crippen LogP contribution in [0.4, 0.5) is 11.5 Å². The number of rotatable bonds is 6. The van der Waals surface area contributed by atoms with E-state index in [2.05, 4.69) is 10.3 Å². The average molecular weight is 254 g/mol. The van der Waals surface area contributed by atoms with Crippen molar-refractivity contribution in [1.82, 2.24) is 4.98 Å². The highest BCUT2D eigenvalue weighted by atomic mass is 16.6. The largest absolute Gasteiger partial charge is 0.380 e. The molecule has 0 aliphatic rings. The smallest absolute Gasteiger partial charge is 0.288 e. The lowest BCUT2D eigenvalue weighted by atomic mass is 10.2. The quantitative estimate of drug-likeness (QED) is 0.564. The van der Waals surface area contributed by atoms with Gasteiger partial charge in [0.15, 0.2) is 0 Å². The van der Waals surface area contributed by atoms with Crippen LogP contribution >= 0.6 is 0 Å². The van der Waals surface area contributed by atoms with Gasteiger partial charge in [-0.25, -0.2) is 4.98 Å². The molecule has 1 heterocycles. The maximum Gasteiger partial charge on any atom is 0.288 e. The summed E-state index contributed by atoms with van der Waals surface area (Å²) in [5, 5.41) is 13.4. The molecule has 0 aromatic carbocycles. The fraction of sp³-hybridized carbons (Fsp3) is 0.400. The number of hydrogen-bond acceptors (Lipinski definition) is 6. The van der Waals surface area contributed by atoms with E-state index < -0.39 is 10.8 Å². The Kier molecular flexibility index (Phi) is 4.55. The Morgan fingerprint density at radius 3 is 2.89 bits per heavy atom. The lowest BCUT2D eigenvalue weighted by Crippen LogP contribution is -2.22. The molecule has 1 aromatic rings. The summed E-state index contributed by atoms with van der Waals surface area (Å²) in [6.07, 6.45) is 0.967. The maximum atomic E-state index is 11.2. The first-order valence-corrected chi connectivity index (χ1v) is 5.16. The van der Waals surface area contributed by atoms with Crippen molar-refractivity contribution in [2.24, 2.45) is 5.73 Å². The van der Waals surface area contributed by atoms with Gasteiger partial charge in [0.05, 0.1) is 16.6 Å². The van der Waals surface area contributed by atoms with Gasteiger partial charge in [-0.15, -0.1) is 0 Å². The topological polar surface area (TPSA) is 120 Å². The van der Waals surface area contributed by atoms with E-state index in [1.165, 1.54) is 0 Å². The predicted octanol–water partition coefficient (Wildman–Crippen LogP) is 0.535. The van der Waals surface area contributed by atoms with E-state index in [1.807, 2.05) is 6.92 Å². The molecule has 1 amide bonds. The van der Waals surface area contributed by atoms with Gasteiger partial charge in [0.25, 0.3) is 11.6 Å². The van der Waals surface area contributed by atoms with E-state index in [4.69, 9.17) is 10.5 Å². The molecule has 0 aliphatic heterocycles. The number of hydrogen-bond donors (Lipinski definition) is 2. The summed E-state index contributed by atoms with van der Waals surface area (Å²) < 4.78 is 5.02. The molecule has 8 nitrogen and oxygen atoms in total. The summed E-state index contributed by atoms with van der Waals surface area (Å²) in [7, 11) is 1.55. The molecule has 1 unspecified atom stereocenters. The van der Waals surface area contributed by atoms with Gasteiger partial charge in [-0.3, -0.25) is 14.9 Å². The van der Waals surface area contributed by atoms with Crippen LogP contribution < -0.4 is 11.1 Å². The van der Waals surface area contributed by atoms with E-state index in [9.17, 15) is 14.9 Å². The zero-order valence-corrected chi connectivity index (χ0v) is 10.0. The highest BCUT2D eigenvalue weighted by Gasteiger charge is 2.16. The first-order chi connectivity index (χ1) is 8.45. The standard InChI is InChI=1S/C10H14N4O4/c1-6(18-2)4-12-10-8(9(11)15)3-7(5-13-10)14(16)17/h3,5-6H,4H2,1-2H3,(H2,11,15)(H,12,13). The van der Waals surface area contributed by atoms with Crippen LogP contribution in [-0.2, 0) is 4.74 Å². The Balaban J connectivity index is 2.97. The van der Waals surface area contributed by atoms with Crippen LogP contribution in [0, 0.1) is 10.1 Å². The summed E-state index contributed by atoms with van der Waals surface area (Å²) in [4.78, 5) is 25.0. The fourth-order valence-electron chi connectivity index (χ4n) is 1.21. The Morgan fingerprint density at radius 2 is 2.39 bits per heavy atom. The SMILES string of the molecule is COC(C)CNc1ncc([N+](=O)[O-])cc1C(N)=O. The van der Waals surface area contributed by atoms with Crippen LogP contribution in [0.1, 0.15) is 17.3 Å². The molecular weight excluding hydrogens is 240 g/mol. The first kappa shape index (κ1) is 13.8. The molecule has 0 spiro atoms. The zero-order valence-electron chi connectivity index (χ0n) is 10.0. The second-order valence-corrected chi connectivity index (χ2v) is 3.64. The highest BCUT2D eigenvalue weighted by Crippen LogP contribution is 2.18. The van der Waals surface area contributed by atoms with E-state index in [0.29, 0.717) is 6.54 Å². The third-order valence-corrected chi connectivity index (χ3v) is 2.31. The third kappa shape index (κ3) is 3.39. The van der Waals surface area contributed by atoms with Crippen LogP contribution in [0.3, 0.4) is 0 Å². The number of nitrogens with two attached hydrogens (primary N) is 1. The van der Waals surface area contributed by atoms with Crippen molar-refractivity contribution in [3.05, 3.63) is 27.9 Å². The molecule has 3 N–H and O–H groups in total. The van der Waals surface area contributed by atoms with E-state index >= 15 is 0 Å². The van der Waals surface area contributed by atoms with Gasteiger partial charge in [0, 0.05) is 19.7 Å². The molecule has 8 heteroatoms. The molecule has 1 aromatic heterocycles. The first-order valence-electron chi connectivity index (χ1n) is 5.16. The van der Waals surface area contributed by atoms with E-state index in [1.54, 1.807) is 7.11 Å². The summed E-state index contributed by atoms with van der Waals surface area (Å²) in [6, 6.07) is 1.09. The second kappa shape index (κ2) is 5.92. The van der Waals surface area contributed by atoms with Crippen molar-refractivity contribution < 1.29 is 14.5 Å². The number of nitro groups is 1. The van der Waals surface area contributed by atoms with Crippen molar-refractivity contribution in [2.75, 3.05) is 19.0 Å². The predicted molar refractivity (Wildman–Crippen MR) is 64.4 cm³/mol. The minimum atomic E-state index is -0.779. The van der Waals surface area contributed by atoms with Crippen molar-refractivity contribution >= 4 is 17.4 Å². The summed E-state index contributed by atoms with van der Waals surface area (Å²) in [6.45, 7) is 2.23. The number of anilines is 1. The molecule has 18 heavy (non-hydrogen) atoms. The number of nitrogens with one attached hydrogen (secondary N) is 1. The molecule has 0 saturated heterocycles. The molecular formula is C10H14N4O4. The van der Waals surface area contributed by atoms with Crippen molar-refractivity contribution in [3.63, 3.8) is 0 Å². The number of ether oxygens (including phenoxy) is 1. The molecule has 0 bridgehead atoms. The number of nitrogens with zero attached hydrogens (tertiary/aromatic N) is 2. The Labute approximate surface area is 103 Å². The fourth-order valence-corrected chi connectivity index (χ4v) is 1.21. The van der Waals surface area contributed by atoms with Crippen molar-refractivity contribution in [2.45, 2.75) is 13.0 Å². The molecule has 0 aliphatic carbocycles. The van der Waals surface area contributed by atoms with Crippen molar-refractivity contribution in [3.8, 4) is 0 Å². The molecule has 0 radical (unpaired) electrons. The molecule has 98 valence electrons. The lowest BCUT2D eigenvalue weighted by Gasteiger charge is -2.12. The normalized spacial score (nSPS) is 11.9. The van der Waals surface area contributed by atoms with Gasteiger partial charge < -0.3 is 15.8 Å². The van der Waals surface area contributed by atoms with Crippen LogP contribution in [0.15, 0.2) is 12.3 Å². The third-order valence-electron chi connectivity index (χ3n) is 2.31. The van der Waals surface area contributed by atoms with Crippen LogP contribution in [0.2, 0.25) is 0 Å². The number of amides is 1. The number of carbonyl (C=O) groups excluding carboxylic acids is 1. The number of methoxy groups -OCH3 is 1. The highest BCUT2D eigenvalue weighted by molar-refractivity contribution is 5.98. The van der Waals surface area contributed by atoms with Gasteiger partial charge in [-0.05, 0) is 6.92 Å². The molecule has 1 rings (SSSR count). The molecule has 0 fully saturated rings. The Hall–Kier alpha value is -2.22. The minimum Gasteiger partial charge on any atom is -0.380 e. The Morgan fingerprint density at radius 1 is 1.72 bits per heavy atom. The summed E-state index contributed by atoms with van der Waals surface area (Å²) in [5.74, 6) is -0.573. The van der Waals surface area contributed by atoms with Gasteiger partial charge in [0.1, 0.15) is 12.0 Å². The van der Waals surface area contributed by atoms with Crippen LogP contribution in [0.25, 0.3) is 0 Å². The minimum absolute atomic E-state index is 0.0208. The van der Waals surface area contributed by atoms with Crippen LogP contribution in [0.5, 0.6) is 0 Å².